The summed E-state index contributed by atoms with van der Waals surface area (Å²) in [6, 6.07) is 12.7. The van der Waals surface area contributed by atoms with Gasteiger partial charge in [0.1, 0.15) is 0 Å². The first-order valence-electron chi connectivity index (χ1n) is 9.33. The minimum absolute atomic E-state index is 0.111. The molecular weight excluding hydrogens is 358 g/mol. The summed E-state index contributed by atoms with van der Waals surface area (Å²) in [5.74, 6) is -1.56. The Morgan fingerprint density at radius 2 is 1.96 bits per heavy atom. The number of rotatable bonds is 6. The lowest BCUT2D eigenvalue weighted by atomic mass is 9.88. The average molecular weight is 383 g/mol. The van der Waals surface area contributed by atoms with Crippen molar-refractivity contribution < 1.29 is 24.2 Å². The molecule has 148 valence electrons. The molecule has 2 aromatic carbocycles. The van der Waals surface area contributed by atoms with Gasteiger partial charge in [-0.3, -0.25) is 4.79 Å². The van der Waals surface area contributed by atoms with Crippen molar-refractivity contribution in [1.29, 1.82) is 0 Å². The summed E-state index contributed by atoms with van der Waals surface area (Å²) in [6.07, 6.45) is 1.22. The minimum Gasteiger partial charge on any atom is -0.478 e. The molecule has 1 aliphatic heterocycles. The van der Waals surface area contributed by atoms with Crippen molar-refractivity contribution in [2.75, 3.05) is 19.0 Å². The summed E-state index contributed by atoms with van der Waals surface area (Å²) in [7, 11) is 1.54. The molecule has 1 aliphatic rings. The highest BCUT2D eigenvalue weighted by atomic mass is 16.5. The van der Waals surface area contributed by atoms with Crippen molar-refractivity contribution in [2.24, 2.45) is 5.92 Å². The molecule has 1 fully saturated rings. The molecule has 2 N–H and O–H groups in total. The first-order chi connectivity index (χ1) is 13.5. The largest absolute Gasteiger partial charge is 0.478 e. The zero-order valence-corrected chi connectivity index (χ0v) is 16.1. The fourth-order valence-corrected chi connectivity index (χ4v) is 3.51. The maximum atomic E-state index is 13.0. The molecule has 0 spiro atoms. The normalized spacial score (nSPS) is 19.2. The van der Waals surface area contributed by atoms with E-state index in [0.29, 0.717) is 24.3 Å². The molecule has 0 bridgehead atoms. The van der Waals surface area contributed by atoms with E-state index in [0.717, 1.165) is 17.5 Å². The van der Waals surface area contributed by atoms with Gasteiger partial charge < -0.3 is 19.9 Å². The maximum Gasteiger partial charge on any atom is 0.335 e. The van der Waals surface area contributed by atoms with Crippen LogP contribution >= 0.6 is 0 Å². The second-order valence-electron chi connectivity index (χ2n) is 7.10. The summed E-state index contributed by atoms with van der Waals surface area (Å²) in [5.41, 5.74) is 3.37. The van der Waals surface area contributed by atoms with Crippen LogP contribution in [0.5, 0.6) is 0 Å². The molecular formula is C22H25NO5. The standard InChI is InChI=1S/C22H25NO5/c1-14-5-7-16(8-6-14)20-19(4-3-9-28-20)21(24)23-18-11-15(13-27-2)10-17(12-18)22(25)26/h5-8,10-12,19-20H,3-4,9,13H2,1-2H3,(H,23,24)(H,25,26). The van der Waals surface area contributed by atoms with Crippen molar-refractivity contribution >= 4 is 17.6 Å². The Hall–Kier alpha value is -2.70. The predicted octanol–water partition coefficient (Wildman–Crippen LogP) is 3.95. The van der Waals surface area contributed by atoms with Crippen LogP contribution in [0.1, 0.15) is 46.0 Å². The number of carbonyl (C=O) groups excluding carboxylic acids is 1. The average Bonchev–Trinajstić information content (AvgIpc) is 2.68. The fourth-order valence-electron chi connectivity index (χ4n) is 3.51. The van der Waals surface area contributed by atoms with Crippen molar-refractivity contribution in [3.63, 3.8) is 0 Å². The van der Waals surface area contributed by atoms with Crippen LogP contribution in [0.3, 0.4) is 0 Å². The molecule has 6 heteroatoms. The lowest BCUT2D eigenvalue weighted by Gasteiger charge is -2.31. The van der Waals surface area contributed by atoms with E-state index in [9.17, 15) is 14.7 Å². The Balaban J connectivity index is 1.82. The third kappa shape index (κ3) is 4.77. The Morgan fingerprint density at radius 3 is 2.64 bits per heavy atom. The van der Waals surface area contributed by atoms with Gasteiger partial charge in [0.2, 0.25) is 5.91 Å². The zero-order valence-electron chi connectivity index (χ0n) is 16.1. The van der Waals surface area contributed by atoms with Gasteiger partial charge in [0, 0.05) is 19.4 Å². The highest BCUT2D eigenvalue weighted by molar-refractivity contribution is 5.95. The molecule has 0 radical (unpaired) electrons. The molecule has 1 heterocycles. The van der Waals surface area contributed by atoms with E-state index in [4.69, 9.17) is 9.47 Å². The van der Waals surface area contributed by atoms with E-state index >= 15 is 0 Å². The highest BCUT2D eigenvalue weighted by Crippen LogP contribution is 2.34. The number of aromatic carboxylic acids is 1. The van der Waals surface area contributed by atoms with Gasteiger partial charge in [0.15, 0.2) is 0 Å². The molecule has 6 nitrogen and oxygen atoms in total. The predicted molar refractivity (Wildman–Crippen MR) is 105 cm³/mol. The van der Waals surface area contributed by atoms with Gasteiger partial charge in [-0.25, -0.2) is 4.79 Å². The van der Waals surface area contributed by atoms with E-state index in [-0.39, 0.29) is 30.1 Å². The van der Waals surface area contributed by atoms with Crippen LogP contribution in [0.2, 0.25) is 0 Å². The van der Waals surface area contributed by atoms with Crippen LogP contribution in [0.4, 0.5) is 5.69 Å². The molecule has 0 aliphatic carbocycles. The summed E-state index contributed by atoms with van der Waals surface area (Å²) in [5, 5.41) is 12.2. The lowest BCUT2D eigenvalue weighted by molar-refractivity contribution is -0.129. The Bertz CT molecular complexity index is 847. The van der Waals surface area contributed by atoms with Crippen molar-refractivity contribution in [3.05, 3.63) is 64.7 Å². The third-order valence-corrected chi connectivity index (χ3v) is 4.88. The minimum atomic E-state index is -1.05. The number of carbonyl (C=O) groups is 2. The first-order valence-corrected chi connectivity index (χ1v) is 9.33. The Labute approximate surface area is 164 Å². The number of hydrogen-bond acceptors (Lipinski definition) is 4. The van der Waals surface area contributed by atoms with Crippen molar-refractivity contribution in [2.45, 2.75) is 32.5 Å². The van der Waals surface area contributed by atoms with Crippen molar-refractivity contribution in [1.82, 2.24) is 0 Å². The van der Waals surface area contributed by atoms with Crippen molar-refractivity contribution in [3.8, 4) is 0 Å². The van der Waals surface area contributed by atoms with E-state index in [1.54, 1.807) is 12.1 Å². The maximum absolute atomic E-state index is 13.0. The number of anilines is 1. The number of benzene rings is 2. The number of methoxy groups -OCH3 is 1. The number of aryl methyl sites for hydroxylation is 1. The van der Waals surface area contributed by atoms with Gasteiger partial charge in [-0.05, 0) is 49.1 Å². The molecule has 2 unspecified atom stereocenters. The smallest absolute Gasteiger partial charge is 0.335 e. The number of nitrogens with one attached hydrogen (secondary N) is 1. The first kappa shape index (κ1) is 20.0. The van der Waals surface area contributed by atoms with E-state index in [1.807, 2.05) is 31.2 Å². The van der Waals surface area contributed by atoms with Crippen LogP contribution in [-0.2, 0) is 20.9 Å². The van der Waals surface area contributed by atoms with Gasteiger partial charge in [-0.1, -0.05) is 29.8 Å². The van der Waals surface area contributed by atoms with Crippen LogP contribution < -0.4 is 5.32 Å². The third-order valence-electron chi connectivity index (χ3n) is 4.88. The summed E-state index contributed by atoms with van der Waals surface area (Å²) >= 11 is 0. The van der Waals surface area contributed by atoms with E-state index in [1.165, 1.54) is 13.2 Å². The quantitative estimate of drug-likeness (QED) is 0.789. The SMILES string of the molecule is COCc1cc(NC(=O)C2CCCOC2c2ccc(C)cc2)cc(C(=O)O)c1. The Morgan fingerprint density at radius 1 is 1.21 bits per heavy atom. The molecule has 1 amide bonds. The molecule has 0 saturated carbocycles. The van der Waals surface area contributed by atoms with Gasteiger partial charge in [-0.15, -0.1) is 0 Å². The molecule has 28 heavy (non-hydrogen) atoms. The monoisotopic (exact) mass is 383 g/mol. The second-order valence-corrected chi connectivity index (χ2v) is 7.10. The Kier molecular flexibility index (Phi) is 6.44. The molecule has 2 aromatic rings. The van der Waals surface area contributed by atoms with Gasteiger partial charge in [0.25, 0.3) is 0 Å². The van der Waals surface area contributed by atoms with Crippen LogP contribution in [-0.4, -0.2) is 30.7 Å². The zero-order chi connectivity index (χ0) is 20.1. The van der Waals surface area contributed by atoms with Gasteiger partial charge in [-0.2, -0.15) is 0 Å². The van der Waals surface area contributed by atoms with Gasteiger partial charge >= 0.3 is 5.97 Å². The lowest BCUT2D eigenvalue weighted by Crippen LogP contribution is -2.33. The van der Waals surface area contributed by atoms with Crippen LogP contribution in [0.25, 0.3) is 0 Å². The summed E-state index contributed by atoms with van der Waals surface area (Å²) in [4.78, 5) is 24.4. The number of carboxylic acid groups (broad SMARTS) is 1. The number of amides is 1. The van der Waals surface area contributed by atoms with Crippen LogP contribution in [0.15, 0.2) is 42.5 Å². The summed E-state index contributed by atoms with van der Waals surface area (Å²) in [6.45, 7) is 2.90. The van der Waals surface area contributed by atoms with Gasteiger partial charge in [0.05, 0.1) is 24.2 Å². The van der Waals surface area contributed by atoms with Crippen LogP contribution in [0, 0.1) is 12.8 Å². The van der Waals surface area contributed by atoms with E-state index < -0.39 is 5.97 Å². The number of hydrogen-bond donors (Lipinski definition) is 2. The fraction of sp³-hybridized carbons (Fsp3) is 0.364. The highest BCUT2D eigenvalue weighted by Gasteiger charge is 2.33. The summed E-state index contributed by atoms with van der Waals surface area (Å²) < 4.78 is 11.0. The number of carboxylic acids is 1. The second kappa shape index (κ2) is 8.99. The topological polar surface area (TPSA) is 84.9 Å². The number of ether oxygens (including phenoxy) is 2. The molecule has 1 saturated heterocycles. The molecule has 3 rings (SSSR count). The van der Waals surface area contributed by atoms with E-state index in [2.05, 4.69) is 5.32 Å². The molecule has 0 aromatic heterocycles. The molecule has 2 atom stereocenters.